The molecular weight excluding hydrogens is 536 g/mol. The number of hydrogen-bond donors (Lipinski definition) is 3. The minimum atomic E-state index is -3.65. The summed E-state index contributed by atoms with van der Waals surface area (Å²) in [5.74, 6) is -0.813. The number of nitrogens with two attached hydrogens (primary N) is 1. The Hall–Kier alpha value is -2.02. The molecule has 0 amide bonds. The van der Waals surface area contributed by atoms with Crippen LogP contribution in [0.1, 0.15) is 25.6 Å². The smallest absolute Gasteiger partial charge is 0.351 e. The summed E-state index contributed by atoms with van der Waals surface area (Å²) in [7, 11) is -3.65. The average molecular weight is 562 g/mol. The molecule has 11 nitrogen and oxygen atoms in total. The standard InChI is InChI=1S/C20H26BrFN5O6P/c1-12(13(2)28)11-34(31,25-9-14-4-3-6-24-8-14)32-10-15-17(29)20(21,22)18(33-15)27-7-5-16(23)26-19(27)30/h3-8,12,15,17-18,29H,9-11H2,1-2H3,(H,25,31)(H2,23,26,30)/t12-,15-,17?,18-,20-,34?/m1/s1. The summed E-state index contributed by atoms with van der Waals surface area (Å²) in [6, 6.07) is 4.77. The van der Waals surface area contributed by atoms with Gasteiger partial charge in [0.2, 0.25) is 4.58 Å². The van der Waals surface area contributed by atoms with Gasteiger partial charge in [0.05, 0.1) is 6.61 Å². The Morgan fingerprint density at radius 3 is 2.88 bits per heavy atom. The summed E-state index contributed by atoms with van der Waals surface area (Å²) in [6.07, 6.45) is -0.408. The van der Waals surface area contributed by atoms with Crippen LogP contribution in [0, 0.1) is 5.92 Å². The van der Waals surface area contributed by atoms with Gasteiger partial charge in [-0.05, 0) is 40.5 Å². The van der Waals surface area contributed by atoms with Crippen LogP contribution >= 0.6 is 23.4 Å². The second kappa shape index (κ2) is 10.7. The molecule has 34 heavy (non-hydrogen) atoms. The van der Waals surface area contributed by atoms with E-state index < -0.39 is 48.7 Å². The maximum atomic E-state index is 15.3. The quantitative estimate of drug-likeness (QED) is 0.288. The molecule has 1 aliphatic heterocycles. The molecule has 2 aromatic heterocycles. The highest BCUT2D eigenvalue weighted by atomic mass is 79.9. The lowest BCUT2D eigenvalue weighted by atomic mass is 10.1. The first kappa shape index (κ1) is 26.6. The van der Waals surface area contributed by atoms with E-state index in [4.69, 9.17) is 15.0 Å². The number of anilines is 1. The van der Waals surface area contributed by atoms with Crippen LogP contribution in [0.15, 0.2) is 41.6 Å². The third kappa shape index (κ3) is 6.15. The summed E-state index contributed by atoms with van der Waals surface area (Å²) in [4.78, 5) is 31.4. The number of halogens is 2. The van der Waals surface area contributed by atoms with Crippen molar-refractivity contribution in [3.8, 4) is 0 Å². The number of nitrogen functional groups attached to an aromatic ring is 1. The molecule has 0 bridgehead atoms. The number of rotatable bonds is 10. The number of hydrogen-bond acceptors (Lipinski definition) is 9. The highest BCUT2D eigenvalue weighted by Gasteiger charge is 2.57. The summed E-state index contributed by atoms with van der Waals surface area (Å²) in [5.41, 5.74) is 5.33. The van der Waals surface area contributed by atoms with Crippen molar-refractivity contribution in [2.75, 3.05) is 18.5 Å². The van der Waals surface area contributed by atoms with E-state index in [-0.39, 0.29) is 24.3 Å². The van der Waals surface area contributed by atoms with Crippen molar-refractivity contribution >= 4 is 35.1 Å². The Bertz CT molecular complexity index is 1120. The molecule has 14 heteroatoms. The van der Waals surface area contributed by atoms with E-state index in [2.05, 4.69) is 31.0 Å². The maximum Gasteiger partial charge on any atom is 0.351 e. The van der Waals surface area contributed by atoms with E-state index in [0.717, 1.165) is 10.1 Å². The fourth-order valence-corrected chi connectivity index (χ4v) is 6.01. The highest BCUT2D eigenvalue weighted by molar-refractivity contribution is 9.10. The molecule has 2 unspecified atom stereocenters. The molecule has 186 valence electrons. The zero-order valence-corrected chi connectivity index (χ0v) is 21.0. The molecule has 1 fully saturated rings. The van der Waals surface area contributed by atoms with Crippen LogP contribution in [-0.4, -0.2) is 55.0 Å². The van der Waals surface area contributed by atoms with Gasteiger partial charge in [0.15, 0.2) is 6.23 Å². The SMILES string of the molecule is CC(=O)[C@H](C)CP(=O)(NCc1cccnc1)OC[C@H]1O[C@@H](n2ccc(N)nc2=O)[C@@](F)(Br)C1O. The number of aromatic nitrogens is 3. The number of ketones is 1. The van der Waals surface area contributed by atoms with Gasteiger partial charge in [-0.1, -0.05) is 13.0 Å². The topological polar surface area (TPSA) is 159 Å². The molecule has 0 radical (unpaired) electrons. The fourth-order valence-electron chi connectivity index (χ4n) is 3.27. The van der Waals surface area contributed by atoms with Crippen LogP contribution in [0.25, 0.3) is 0 Å². The highest BCUT2D eigenvalue weighted by Crippen LogP contribution is 2.49. The van der Waals surface area contributed by atoms with Crippen molar-refractivity contribution in [1.29, 1.82) is 0 Å². The van der Waals surface area contributed by atoms with Crippen molar-refractivity contribution in [1.82, 2.24) is 19.6 Å². The number of ether oxygens (including phenoxy) is 1. The predicted molar refractivity (Wildman–Crippen MR) is 125 cm³/mol. The molecule has 1 saturated heterocycles. The van der Waals surface area contributed by atoms with Crippen molar-refractivity contribution in [2.24, 2.45) is 5.92 Å². The summed E-state index contributed by atoms with van der Waals surface area (Å²) >= 11 is 2.79. The van der Waals surface area contributed by atoms with Crippen molar-refractivity contribution in [3.63, 3.8) is 0 Å². The van der Waals surface area contributed by atoms with E-state index in [1.807, 2.05) is 0 Å². The summed E-state index contributed by atoms with van der Waals surface area (Å²) in [5, 5.41) is 13.3. The van der Waals surface area contributed by atoms with E-state index >= 15 is 4.39 Å². The number of carbonyl (C=O) groups excluding carboxylic acids is 1. The molecule has 2 aromatic rings. The van der Waals surface area contributed by atoms with Crippen molar-refractivity contribution in [3.05, 3.63) is 52.8 Å². The summed E-state index contributed by atoms with van der Waals surface area (Å²) in [6.45, 7) is 2.66. The number of Topliss-reactive ketones (excluding diaryl/α,β-unsaturated/α-hetero) is 1. The van der Waals surface area contributed by atoms with Crippen molar-refractivity contribution in [2.45, 2.75) is 43.4 Å². The monoisotopic (exact) mass is 561 g/mol. The van der Waals surface area contributed by atoms with Crippen LogP contribution in [0.3, 0.4) is 0 Å². The number of aliphatic hydroxyl groups excluding tert-OH is 1. The molecule has 4 N–H and O–H groups in total. The minimum Gasteiger partial charge on any atom is -0.386 e. The number of carbonyl (C=O) groups is 1. The van der Waals surface area contributed by atoms with Gasteiger partial charge in [0, 0.05) is 37.2 Å². The molecule has 0 spiro atoms. The first-order chi connectivity index (χ1) is 15.9. The number of alkyl halides is 2. The largest absolute Gasteiger partial charge is 0.386 e. The number of nitrogens with one attached hydrogen (secondary N) is 1. The lowest BCUT2D eigenvalue weighted by Crippen LogP contribution is -2.40. The Labute approximate surface area is 203 Å². The van der Waals surface area contributed by atoms with Crippen LogP contribution < -0.4 is 16.5 Å². The third-order valence-corrected chi connectivity index (χ3v) is 8.48. The van der Waals surface area contributed by atoms with Gasteiger partial charge in [-0.2, -0.15) is 4.98 Å². The van der Waals surface area contributed by atoms with Gasteiger partial charge >= 0.3 is 5.69 Å². The molecule has 1 aliphatic rings. The third-order valence-electron chi connectivity index (χ3n) is 5.39. The number of nitrogens with zero attached hydrogens (tertiary/aromatic N) is 3. The van der Waals surface area contributed by atoms with Crippen molar-refractivity contribution < 1.29 is 28.1 Å². The zero-order valence-electron chi connectivity index (χ0n) is 18.5. The zero-order chi connectivity index (χ0) is 25.1. The normalized spacial score (nSPS) is 27.3. The molecule has 6 atom stereocenters. The second-order valence-electron chi connectivity index (χ2n) is 8.05. The van der Waals surface area contributed by atoms with Gasteiger partial charge in [-0.3, -0.25) is 18.9 Å². The van der Waals surface area contributed by atoms with Gasteiger partial charge in [0.25, 0.3) is 7.52 Å². The Morgan fingerprint density at radius 1 is 1.53 bits per heavy atom. The maximum absolute atomic E-state index is 15.3. The first-order valence-electron chi connectivity index (χ1n) is 10.4. The van der Waals surface area contributed by atoms with Crippen LogP contribution in [-0.2, 0) is 25.2 Å². The molecule has 0 saturated carbocycles. The molecule has 0 aromatic carbocycles. The van der Waals surface area contributed by atoms with Gasteiger partial charge < -0.3 is 20.1 Å². The Morgan fingerprint density at radius 2 is 2.26 bits per heavy atom. The Balaban J connectivity index is 1.76. The fraction of sp³-hybridized carbons (Fsp3) is 0.500. The molecule has 0 aliphatic carbocycles. The molecule has 3 rings (SSSR count). The van der Waals surface area contributed by atoms with Gasteiger partial charge in [-0.25, -0.2) is 14.3 Å². The van der Waals surface area contributed by atoms with E-state index in [9.17, 15) is 19.3 Å². The lowest BCUT2D eigenvalue weighted by Gasteiger charge is -2.24. The number of pyridine rings is 1. The first-order valence-corrected chi connectivity index (χ1v) is 13.0. The van der Waals surface area contributed by atoms with Crippen LogP contribution in [0.4, 0.5) is 10.2 Å². The average Bonchev–Trinajstić information content (AvgIpc) is 3.00. The predicted octanol–water partition coefficient (Wildman–Crippen LogP) is 1.76. The number of aliphatic hydroxyl groups is 1. The van der Waals surface area contributed by atoms with Gasteiger partial charge in [-0.15, -0.1) is 0 Å². The Kier molecular flexibility index (Phi) is 8.38. The van der Waals surface area contributed by atoms with E-state index in [1.54, 1.807) is 31.5 Å². The van der Waals surface area contributed by atoms with Crippen LogP contribution in [0.2, 0.25) is 0 Å². The second-order valence-corrected chi connectivity index (χ2v) is 11.5. The van der Waals surface area contributed by atoms with E-state index in [1.165, 1.54) is 19.2 Å². The molecular formula is C20H26BrFN5O6P. The molecule has 3 heterocycles. The van der Waals surface area contributed by atoms with E-state index in [0.29, 0.717) is 0 Å². The lowest BCUT2D eigenvalue weighted by molar-refractivity contribution is -0.119. The minimum absolute atomic E-state index is 0.0565. The van der Waals surface area contributed by atoms with Crippen LogP contribution in [0.5, 0.6) is 0 Å². The van der Waals surface area contributed by atoms with Gasteiger partial charge in [0.1, 0.15) is 23.8 Å². The summed E-state index contributed by atoms with van der Waals surface area (Å²) < 4.78 is 38.3.